The summed E-state index contributed by atoms with van der Waals surface area (Å²) >= 11 is 0. The van der Waals surface area contributed by atoms with Gasteiger partial charge in [0.1, 0.15) is 23.1 Å². The molecule has 7 nitrogen and oxygen atoms in total. The molecule has 1 aromatic heterocycles. The van der Waals surface area contributed by atoms with Gasteiger partial charge in [-0.3, -0.25) is 0 Å². The fourth-order valence-electron chi connectivity index (χ4n) is 3.35. The first kappa shape index (κ1) is 16.1. The van der Waals surface area contributed by atoms with Crippen molar-refractivity contribution in [1.29, 1.82) is 0 Å². The first-order chi connectivity index (χ1) is 12.2. The summed E-state index contributed by atoms with van der Waals surface area (Å²) in [6.07, 6.45) is 0. The zero-order valence-corrected chi connectivity index (χ0v) is 14.4. The average Bonchev–Trinajstić information content (AvgIpc) is 3.10. The van der Waals surface area contributed by atoms with E-state index >= 15 is 0 Å². The zero-order valence-electron chi connectivity index (χ0n) is 14.4. The molecule has 0 saturated carbocycles. The van der Waals surface area contributed by atoms with E-state index in [4.69, 9.17) is 14.2 Å². The van der Waals surface area contributed by atoms with E-state index in [0.717, 1.165) is 37.9 Å². The van der Waals surface area contributed by atoms with Gasteiger partial charge in [-0.1, -0.05) is 0 Å². The smallest absolute Gasteiger partial charge is 0.224 e. The summed E-state index contributed by atoms with van der Waals surface area (Å²) in [5.41, 5.74) is 0. The number of rotatable bonds is 4. The summed E-state index contributed by atoms with van der Waals surface area (Å²) in [5, 5.41) is 3.51. The molecule has 2 fully saturated rings. The molecule has 0 radical (unpaired) electrons. The second kappa shape index (κ2) is 6.85. The highest BCUT2D eigenvalue weighted by Crippen LogP contribution is 2.28. The molecule has 2 atom stereocenters. The van der Waals surface area contributed by atoms with E-state index in [9.17, 15) is 0 Å². The minimum Gasteiger partial charge on any atom is -0.497 e. The predicted molar refractivity (Wildman–Crippen MR) is 93.6 cm³/mol. The van der Waals surface area contributed by atoms with Crippen LogP contribution < -0.4 is 19.7 Å². The van der Waals surface area contributed by atoms with Crippen LogP contribution in [0.3, 0.4) is 0 Å². The lowest BCUT2D eigenvalue weighted by molar-refractivity contribution is 0.189. The van der Waals surface area contributed by atoms with Crippen LogP contribution in [0.1, 0.15) is 5.82 Å². The van der Waals surface area contributed by atoms with E-state index in [-0.39, 0.29) is 0 Å². The second-order valence-corrected chi connectivity index (χ2v) is 6.25. The Morgan fingerprint density at radius 3 is 2.76 bits per heavy atom. The number of aryl methyl sites for hydroxylation is 1. The molecule has 0 bridgehead atoms. The predicted octanol–water partition coefficient (Wildman–Crippen LogP) is 1.76. The molecule has 4 rings (SSSR count). The molecule has 1 aromatic carbocycles. The number of anilines is 1. The molecule has 1 N–H and O–H groups in total. The third-order valence-corrected chi connectivity index (χ3v) is 4.59. The van der Waals surface area contributed by atoms with Gasteiger partial charge < -0.3 is 24.4 Å². The van der Waals surface area contributed by atoms with E-state index in [1.54, 1.807) is 7.11 Å². The Hall–Kier alpha value is -2.38. The third-order valence-electron chi connectivity index (χ3n) is 4.59. The molecule has 0 aliphatic carbocycles. The maximum atomic E-state index is 5.92. The third kappa shape index (κ3) is 3.38. The van der Waals surface area contributed by atoms with E-state index < -0.39 is 0 Å². The number of hydrogen-bond donors (Lipinski definition) is 1. The molecule has 2 saturated heterocycles. The van der Waals surface area contributed by atoms with Crippen LogP contribution >= 0.6 is 0 Å². The number of methoxy groups -OCH3 is 1. The molecule has 3 heterocycles. The lowest BCUT2D eigenvalue weighted by Crippen LogP contribution is -2.57. The standard InChI is InChI=1S/C18H22N4O3/c1-12-20-17(22-8-7-19-15-10-24-11-16(15)22)9-18(21-12)25-14-5-3-13(23-2)4-6-14/h3-6,9,15-16,19H,7-8,10-11H2,1-2H3/t15-,16+/m1/s1. The van der Waals surface area contributed by atoms with Crippen LogP contribution in [0.15, 0.2) is 30.3 Å². The monoisotopic (exact) mass is 342 g/mol. The van der Waals surface area contributed by atoms with Crippen LogP contribution in [0.2, 0.25) is 0 Å². The topological polar surface area (TPSA) is 68.7 Å². The van der Waals surface area contributed by atoms with Gasteiger partial charge in [0.15, 0.2) is 0 Å². The molecule has 132 valence electrons. The molecule has 0 unspecified atom stereocenters. The number of fused-ring (bicyclic) bond motifs is 1. The van der Waals surface area contributed by atoms with Crippen LogP contribution in [-0.4, -0.2) is 55.5 Å². The fourth-order valence-corrected chi connectivity index (χ4v) is 3.35. The Balaban J connectivity index is 1.57. The lowest BCUT2D eigenvalue weighted by atomic mass is 10.1. The van der Waals surface area contributed by atoms with Crippen molar-refractivity contribution in [3.8, 4) is 17.4 Å². The van der Waals surface area contributed by atoms with Crippen molar-refractivity contribution in [1.82, 2.24) is 15.3 Å². The summed E-state index contributed by atoms with van der Waals surface area (Å²) in [4.78, 5) is 11.3. The largest absolute Gasteiger partial charge is 0.497 e. The Labute approximate surface area is 146 Å². The number of nitrogens with zero attached hydrogens (tertiary/aromatic N) is 3. The zero-order chi connectivity index (χ0) is 17.2. The van der Waals surface area contributed by atoms with Crippen LogP contribution in [0.25, 0.3) is 0 Å². The van der Waals surface area contributed by atoms with E-state index in [0.29, 0.717) is 29.5 Å². The number of benzene rings is 1. The van der Waals surface area contributed by atoms with Crippen LogP contribution in [0.4, 0.5) is 5.82 Å². The van der Waals surface area contributed by atoms with Gasteiger partial charge >= 0.3 is 0 Å². The number of nitrogens with one attached hydrogen (secondary N) is 1. The molecule has 2 aliphatic rings. The summed E-state index contributed by atoms with van der Waals surface area (Å²) in [6.45, 7) is 5.16. The molecule has 0 spiro atoms. The normalized spacial score (nSPS) is 22.6. The van der Waals surface area contributed by atoms with Gasteiger partial charge in [-0.25, -0.2) is 4.98 Å². The van der Waals surface area contributed by atoms with E-state index in [1.165, 1.54) is 0 Å². The first-order valence-electron chi connectivity index (χ1n) is 8.48. The van der Waals surface area contributed by atoms with E-state index in [2.05, 4.69) is 20.2 Å². The molecule has 0 amide bonds. The molecular weight excluding hydrogens is 320 g/mol. The Morgan fingerprint density at radius 1 is 1.16 bits per heavy atom. The van der Waals surface area contributed by atoms with Crippen LogP contribution in [-0.2, 0) is 4.74 Å². The minimum atomic E-state index is 0.303. The summed E-state index contributed by atoms with van der Waals surface area (Å²) in [5.74, 6) is 3.63. The van der Waals surface area contributed by atoms with Gasteiger partial charge in [-0.05, 0) is 31.2 Å². The average molecular weight is 342 g/mol. The van der Waals surface area contributed by atoms with Crippen LogP contribution in [0, 0.1) is 6.92 Å². The summed E-state index contributed by atoms with van der Waals surface area (Å²) in [7, 11) is 1.64. The highest BCUT2D eigenvalue weighted by atomic mass is 16.5. The van der Waals surface area contributed by atoms with Crippen molar-refractivity contribution in [3.63, 3.8) is 0 Å². The quantitative estimate of drug-likeness (QED) is 0.908. The minimum absolute atomic E-state index is 0.303. The summed E-state index contributed by atoms with van der Waals surface area (Å²) in [6, 6.07) is 10.0. The first-order valence-corrected chi connectivity index (χ1v) is 8.48. The van der Waals surface area contributed by atoms with E-state index in [1.807, 2.05) is 37.3 Å². The van der Waals surface area contributed by atoms with Gasteiger partial charge in [-0.2, -0.15) is 4.98 Å². The van der Waals surface area contributed by atoms with Crippen molar-refractivity contribution >= 4 is 5.82 Å². The van der Waals surface area contributed by atoms with Crippen molar-refractivity contribution in [3.05, 3.63) is 36.2 Å². The number of ether oxygens (including phenoxy) is 3. The van der Waals surface area contributed by atoms with Crippen molar-refractivity contribution < 1.29 is 14.2 Å². The van der Waals surface area contributed by atoms with Gasteiger partial charge in [0, 0.05) is 19.2 Å². The number of aromatic nitrogens is 2. The fraction of sp³-hybridized carbons (Fsp3) is 0.444. The Bertz CT molecular complexity index is 738. The van der Waals surface area contributed by atoms with Gasteiger partial charge in [0.25, 0.3) is 0 Å². The molecule has 7 heteroatoms. The Kier molecular flexibility index (Phi) is 4.42. The van der Waals surface area contributed by atoms with Gasteiger partial charge in [0.2, 0.25) is 5.88 Å². The SMILES string of the molecule is COc1ccc(Oc2cc(N3CCN[C@@H]4COC[C@@H]43)nc(C)n2)cc1. The van der Waals surface area contributed by atoms with Gasteiger partial charge in [0.05, 0.1) is 32.4 Å². The van der Waals surface area contributed by atoms with Gasteiger partial charge in [-0.15, -0.1) is 0 Å². The molecule has 2 aromatic rings. The van der Waals surface area contributed by atoms with Crippen LogP contribution in [0.5, 0.6) is 17.4 Å². The maximum absolute atomic E-state index is 5.92. The molecular formula is C18H22N4O3. The second-order valence-electron chi connectivity index (χ2n) is 6.25. The van der Waals surface area contributed by atoms with Crippen molar-refractivity contribution in [2.45, 2.75) is 19.0 Å². The van der Waals surface area contributed by atoms with Crippen molar-refractivity contribution in [2.24, 2.45) is 0 Å². The summed E-state index contributed by atoms with van der Waals surface area (Å²) < 4.78 is 16.7. The Morgan fingerprint density at radius 2 is 1.96 bits per heavy atom. The number of hydrogen-bond acceptors (Lipinski definition) is 7. The lowest BCUT2D eigenvalue weighted by Gasteiger charge is -2.38. The molecule has 25 heavy (non-hydrogen) atoms. The highest BCUT2D eigenvalue weighted by Gasteiger charge is 2.36. The van der Waals surface area contributed by atoms with Crippen molar-refractivity contribution in [2.75, 3.05) is 38.3 Å². The highest BCUT2D eigenvalue weighted by molar-refractivity contribution is 5.46. The maximum Gasteiger partial charge on any atom is 0.224 e. The number of piperazine rings is 1. The molecule has 2 aliphatic heterocycles.